The average molecular weight is 392 g/mol. The van der Waals surface area contributed by atoms with Crippen molar-refractivity contribution in [3.8, 4) is 0 Å². The summed E-state index contributed by atoms with van der Waals surface area (Å²) in [6.45, 7) is 4.66. The van der Waals surface area contributed by atoms with Crippen molar-refractivity contribution in [2.24, 2.45) is 0 Å². The van der Waals surface area contributed by atoms with Crippen molar-refractivity contribution in [3.63, 3.8) is 0 Å². The molecule has 0 unspecified atom stereocenters. The van der Waals surface area contributed by atoms with Crippen LogP contribution in [0.2, 0.25) is 0 Å². The molecule has 1 aliphatic heterocycles. The Morgan fingerprint density at radius 1 is 1.26 bits per heavy atom. The normalized spacial score (nSPS) is 16.3. The third-order valence-electron chi connectivity index (χ3n) is 3.25. The quantitative estimate of drug-likeness (QED) is 0.726. The van der Waals surface area contributed by atoms with Crippen molar-refractivity contribution < 1.29 is 9.59 Å². The molecule has 1 aromatic rings. The van der Waals surface area contributed by atoms with E-state index in [1.807, 2.05) is 28.2 Å². The van der Waals surface area contributed by atoms with Gasteiger partial charge in [0.15, 0.2) is 0 Å². The van der Waals surface area contributed by atoms with E-state index >= 15 is 0 Å². The summed E-state index contributed by atoms with van der Waals surface area (Å²) in [5, 5.41) is 1.91. The third kappa shape index (κ3) is 3.68. The number of thiophene rings is 1. The van der Waals surface area contributed by atoms with Gasteiger partial charge in [-0.25, -0.2) is 0 Å². The summed E-state index contributed by atoms with van der Waals surface area (Å²) in [7, 11) is 0. The Labute approximate surface area is 130 Å². The molecule has 19 heavy (non-hydrogen) atoms. The van der Waals surface area contributed by atoms with Gasteiger partial charge in [-0.3, -0.25) is 9.59 Å². The van der Waals surface area contributed by atoms with E-state index in [1.165, 1.54) is 0 Å². The molecule has 0 radical (unpaired) electrons. The first-order valence-corrected chi connectivity index (χ1v) is 8.38. The number of amides is 2. The molecule has 6 heteroatoms. The van der Waals surface area contributed by atoms with Gasteiger partial charge >= 0.3 is 0 Å². The zero-order valence-electron chi connectivity index (χ0n) is 10.9. The van der Waals surface area contributed by atoms with Crippen LogP contribution in [-0.2, 0) is 4.79 Å². The van der Waals surface area contributed by atoms with Crippen molar-refractivity contribution in [2.45, 2.75) is 19.8 Å². The van der Waals surface area contributed by atoms with Gasteiger partial charge in [-0.2, -0.15) is 0 Å². The molecule has 1 saturated heterocycles. The molecule has 0 spiro atoms. The van der Waals surface area contributed by atoms with E-state index in [2.05, 4.69) is 22.6 Å². The lowest BCUT2D eigenvalue weighted by atomic mass is 10.3. The van der Waals surface area contributed by atoms with E-state index in [0.29, 0.717) is 19.5 Å². The lowest BCUT2D eigenvalue weighted by molar-refractivity contribution is -0.130. The summed E-state index contributed by atoms with van der Waals surface area (Å²) >= 11 is 3.81. The SMILES string of the molecule is CCC(=O)N1CCCN(C(=O)c2csc(I)c2)CC1. The van der Waals surface area contributed by atoms with Crippen LogP contribution in [-0.4, -0.2) is 47.8 Å². The first-order valence-electron chi connectivity index (χ1n) is 6.43. The molecule has 104 valence electrons. The maximum absolute atomic E-state index is 12.3. The zero-order valence-corrected chi connectivity index (χ0v) is 13.9. The second kappa shape index (κ2) is 6.69. The van der Waals surface area contributed by atoms with Gasteiger partial charge in [0.25, 0.3) is 5.91 Å². The first kappa shape index (κ1) is 14.8. The van der Waals surface area contributed by atoms with Crippen LogP contribution in [0.4, 0.5) is 0 Å². The van der Waals surface area contributed by atoms with Gasteiger partial charge in [0.05, 0.1) is 8.45 Å². The maximum atomic E-state index is 12.3. The lowest BCUT2D eigenvalue weighted by Crippen LogP contribution is -2.37. The molecule has 0 saturated carbocycles. The standard InChI is InChI=1S/C13H17IN2O2S/c1-2-12(17)15-4-3-5-16(7-6-15)13(18)10-8-11(14)19-9-10/h8-9H,2-7H2,1H3. The van der Waals surface area contributed by atoms with E-state index in [-0.39, 0.29) is 11.8 Å². The highest BCUT2D eigenvalue weighted by Gasteiger charge is 2.22. The van der Waals surface area contributed by atoms with Gasteiger partial charge < -0.3 is 9.80 Å². The number of rotatable bonds is 2. The molecule has 2 rings (SSSR count). The van der Waals surface area contributed by atoms with Crippen molar-refractivity contribution in [1.29, 1.82) is 0 Å². The van der Waals surface area contributed by atoms with Crippen LogP contribution in [0.25, 0.3) is 0 Å². The number of hydrogen-bond donors (Lipinski definition) is 0. The van der Waals surface area contributed by atoms with E-state index in [4.69, 9.17) is 0 Å². The topological polar surface area (TPSA) is 40.6 Å². The molecule has 2 heterocycles. The minimum atomic E-state index is 0.0879. The van der Waals surface area contributed by atoms with Crippen molar-refractivity contribution in [2.75, 3.05) is 26.2 Å². The second-order valence-corrected chi connectivity index (χ2v) is 7.33. The zero-order chi connectivity index (χ0) is 13.8. The van der Waals surface area contributed by atoms with Crippen LogP contribution < -0.4 is 0 Å². The Balaban J connectivity index is 1.99. The smallest absolute Gasteiger partial charge is 0.254 e. The van der Waals surface area contributed by atoms with E-state index in [9.17, 15) is 9.59 Å². The predicted octanol–water partition coefficient (Wildman–Crippen LogP) is 2.44. The molecule has 1 fully saturated rings. The highest BCUT2D eigenvalue weighted by molar-refractivity contribution is 14.1. The van der Waals surface area contributed by atoms with Crippen molar-refractivity contribution in [1.82, 2.24) is 9.80 Å². The number of halogens is 1. The van der Waals surface area contributed by atoms with Gasteiger partial charge in [0.1, 0.15) is 0 Å². The van der Waals surface area contributed by atoms with Gasteiger partial charge in [0.2, 0.25) is 5.91 Å². The second-order valence-electron chi connectivity index (χ2n) is 4.52. The third-order valence-corrected chi connectivity index (χ3v) is 5.04. The van der Waals surface area contributed by atoms with E-state index in [0.717, 1.165) is 28.0 Å². The monoisotopic (exact) mass is 392 g/mol. The molecule has 0 bridgehead atoms. The molecule has 2 amide bonds. The highest BCUT2D eigenvalue weighted by Crippen LogP contribution is 2.19. The van der Waals surface area contributed by atoms with Crippen LogP contribution in [0.1, 0.15) is 30.1 Å². The van der Waals surface area contributed by atoms with Gasteiger partial charge in [-0.15, -0.1) is 11.3 Å². The molecule has 4 nitrogen and oxygen atoms in total. The van der Waals surface area contributed by atoms with Crippen LogP contribution in [0.15, 0.2) is 11.4 Å². The van der Waals surface area contributed by atoms with Crippen molar-refractivity contribution in [3.05, 3.63) is 19.9 Å². The average Bonchev–Trinajstić information content (AvgIpc) is 2.71. The molecule has 0 atom stereocenters. The summed E-state index contributed by atoms with van der Waals surface area (Å²) < 4.78 is 1.12. The van der Waals surface area contributed by atoms with Crippen LogP contribution in [0.3, 0.4) is 0 Å². The minimum absolute atomic E-state index is 0.0879. The van der Waals surface area contributed by atoms with Crippen LogP contribution in [0.5, 0.6) is 0 Å². The number of nitrogens with zero attached hydrogens (tertiary/aromatic N) is 2. The Morgan fingerprint density at radius 3 is 2.58 bits per heavy atom. The summed E-state index contributed by atoms with van der Waals surface area (Å²) in [5.74, 6) is 0.268. The first-order chi connectivity index (χ1) is 9.11. The van der Waals surface area contributed by atoms with Gasteiger partial charge in [-0.05, 0) is 35.1 Å². The van der Waals surface area contributed by atoms with Gasteiger partial charge in [-0.1, -0.05) is 6.92 Å². The number of hydrogen-bond acceptors (Lipinski definition) is 3. The molecule has 0 N–H and O–H groups in total. The number of carbonyl (C=O) groups excluding carboxylic acids is 2. The lowest BCUT2D eigenvalue weighted by Gasteiger charge is -2.21. The Hall–Kier alpha value is -0.630. The molecule has 1 aliphatic rings. The molecular weight excluding hydrogens is 375 g/mol. The van der Waals surface area contributed by atoms with Gasteiger partial charge in [0, 0.05) is 38.0 Å². The maximum Gasteiger partial charge on any atom is 0.254 e. The number of carbonyl (C=O) groups is 2. The molecule has 0 aliphatic carbocycles. The summed E-state index contributed by atoms with van der Waals surface area (Å²) in [5.41, 5.74) is 0.768. The van der Waals surface area contributed by atoms with Crippen LogP contribution >= 0.6 is 33.9 Å². The molecule has 1 aromatic heterocycles. The van der Waals surface area contributed by atoms with E-state index in [1.54, 1.807) is 11.3 Å². The van der Waals surface area contributed by atoms with E-state index < -0.39 is 0 Å². The Kier molecular flexibility index (Phi) is 5.20. The molecular formula is C13H17IN2O2S. The summed E-state index contributed by atoms with van der Waals surface area (Å²) in [4.78, 5) is 27.8. The highest BCUT2D eigenvalue weighted by atomic mass is 127. The summed E-state index contributed by atoms with van der Waals surface area (Å²) in [6.07, 6.45) is 1.40. The fraction of sp³-hybridized carbons (Fsp3) is 0.538. The minimum Gasteiger partial charge on any atom is -0.341 e. The molecule has 0 aromatic carbocycles. The summed E-state index contributed by atoms with van der Waals surface area (Å²) in [6, 6.07) is 1.92. The fourth-order valence-electron chi connectivity index (χ4n) is 2.20. The Bertz CT molecular complexity index is 475. The Morgan fingerprint density at radius 2 is 1.95 bits per heavy atom. The fourth-order valence-corrected chi connectivity index (χ4v) is 3.52. The predicted molar refractivity (Wildman–Crippen MR) is 84.4 cm³/mol. The largest absolute Gasteiger partial charge is 0.341 e. The van der Waals surface area contributed by atoms with Crippen LogP contribution in [0, 0.1) is 2.88 Å². The van der Waals surface area contributed by atoms with Crippen molar-refractivity contribution >= 4 is 45.7 Å².